The van der Waals surface area contributed by atoms with E-state index in [4.69, 9.17) is 0 Å². The van der Waals surface area contributed by atoms with Crippen LogP contribution in [0.4, 0.5) is 11.5 Å². The van der Waals surface area contributed by atoms with Crippen LogP contribution in [-0.4, -0.2) is 20.7 Å². The molecule has 0 saturated carbocycles. The fourth-order valence-corrected chi connectivity index (χ4v) is 3.62. The molecular formula is C17H14N4O5. The number of non-ortho nitro benzene ring substituents is 1. The summed E-state index contributed by atoms with van der Waals surface area (Å²) < 4.78 is 0. The van der Waals surface area contributed by atoms with Crippen molar-refractivity contribution >= 4 is 17.3 Å². The number of anilines is 1. The van der Waals surface area contributed by atoms with Crippen LogP contribution in [0.1, 0.15) is 36.3 Å². The molecule has 3 N–H and O–H groups in total. The summed E-state index contributed by atoms with van der Waals surface area (Å²) in [5, 5.41) is 13.9. The van der Waals surface area contributed by atoms with Crippen molar-refractivity contribution in [2.45, 2.75) is 25.2 Å². The number of fused-ring (bicyclic) bond motifs is 1. The number of aromatic nitrogens is 2. The minimum absolute atomic E-state index is 0.0710. The zero-order chi connectivity index (χ0) is 18.4. The summed E-state index contributed by atoms with van der Waals surface area (Å²) in [4.78, 5) is 51.8. The number of H-pyrrole nitrogens is 2. The van der Waals surface area contributed by atoms with E-state index in [9.17, 15) is 24.5 Å². The molecule has 0 spiro atoms. The number of carbonyl (C=O) groups excluding carboxylic acids is 1. The summed E-state index contributed by atoms with van der Waals surface area (Å²) in [6.45, 7) is 0. The first-order valence-electron chi connectivity index (χ1n) is 8.10. The number of carbonyl (C=O) groups is 1. The number of nitrogens with zero attached hydrogens (tertiary/aromatic N) is 1. The third-order valence-electron chi connectivity index (χ3n) is 4.73. The minimum atomic E-state index is -0.685. The molecule has 0 amide bonds. The van der Waals surface area contributed by atoms with Gasteiger partial charge in [-0.3, -0.25) is 29.7 Å². The first-order valence-corrected chi connectivity index (χ1v) is 8.10. The number of benzene rings is 1. The highest BCUT2D eigenvalue weighted by molar-refractivity contribution is 6.00. The highest BCUT2D eigenvalue weighted by Gasteiger charge is 2.37. The van der Waals surface area contributed by atoms with Crippen molar-refractivity contribution < 1.29 is 9.72 Å². The van der Waals surface area contributed by atoms with Gasteiger partial charge in [0.25, 0.3) is 11.2 Å². The van der Waals surface area contributed by atoms with Crippen LogP contribution >= 0.6 is 0 Å². The zero-order valence-corrected chi connectivity index (χ0v) is 13.5. The van der Waals surface area contributed by atoms with Gasteiger partial charge in [0.15, 0.2) is 5.78 Å². The third kappa shape index (κ3) is 2.44. The Morgan fingerprint density at radius 1 is 1.04 bits per heavy atom. The number of ketones is 1. The second-order valence-electron chi connectivity index (χ2n) is 6.27. The highest BCUT2D eigenvalue weighted by atomic mass is 16.6. The molecule has 1 aliphatic heterocycles. The molecular weight excluding hydrogens is 340 g/mol. The number of rotatable bonds is 2. The van der Waals surface area contributed by atoms with Crippen LogP contribution in [0.15, 0.2) is 45.1 Å². The van der Waals surface area contributed by atoms with E-state index in [0.717, 1.165) is 0 Å². The molecule has 2 aliphatic rings. The fraction of sp³-hybridized carbons (Fsp3) is 0.235. The Hall–Kier alpha value is -3.49. The predicted octanol–water partition coefficient (Wildman–Crippen LogP) is 1.54. The van der Waals surface area contributed by atoms with Gasteiger partial charge in [0.2, 0.25) is 0 Å². The number of aromatic amines is 2. The van der Waals surface area contributed by atoms with Crippen LogP contribution in [0.5, 0.6) is 0 Å². The van der Waals surface area contributed by atoms with Gasteiger partial charge in [0.05, 0.1) is 10.5 Å². The molecule has 0 saturated heterocycles. The average molecular weight is 354 g/mol. The second kappa shape index (κ2) is 5.80. The van der Waals surface area contributed by atoms with Gasteiger partial charge in [-0.2, -0.15) is 0 Å². The van der Waals surface area contributed by atoms with Crippen LogP contribution in [0.25, 0.3) is 0 Å². The smallest absolute Gasteiger partial charge is 0.327 e. The lowest BCUT2D eigenvalue weighted by molar-refractivity contribution is -0.384. The number of Topliss-reactive ketones (excluding diaryl/α,β-unsaturated/α-hetero) is 1. The summed E-state index contributed by atoms with van der Waals surface area (Å²) >= 11 is 0. The molecule has 0 fully saturated rings. The minimum Gasteiger partial charge on any atom is -0.344 e. The van der Waals surface area contributed by atoms with E-state index < -0.39 is 22.1 Å². The Kier molecular flexibility index (Phi) is 3.57. The van der Waals surface area contributed by atoms with Crippen molar-refractivity contribution in [3.8, 4) is 0 Å². The first-order chi connectivity index (χ1) is 12.5. The predicted molar refractivity (Wildman–Crippen MR) is 92.1 cm³/mol. The highest BCUT2D eigenvalue weighted by Crippen LogP contribution is 2.42. The van der Waals surface area contributed by atoms with Crippen molar-refractivity contribution in [1.82, 2.24) is 9.97 Å². The number of nitro groups is 1. The maximum absolute atomic E-state index is 12.6. The van der Waals surface area contributed by atoms with Gasteiger partial charge in [-0.1, -0.05) is 12.1 Å². The molecule has 0 radical (unpaired) electrons. The van der Waals surface area contributed by atoms with Crippen LogP contribution in [0, 0.1) is 10.1 Å². The average Bonchev–Trinajstić information content (AvgIpc) is 2.60. The molecule has 9 nitrogen and oxygen atoms in total. The van der Waals surface area contributed by atoms with E-state index in [1.54, 1.807) is 0 Å². The SMILES string of the molecule is O=C1CCCC2=C1[C@H](c1ccc([N+](=O)[O-])cc1)c1c([nH]c(=O)[nH]c1=O)N2. The molecule has 0 bridgehead atoms. The Morgan fingerprint density at radius 3 is 2.46 bits per heavy atom. The molecule has 1 aromatic carbocycles. The van der Waals surface area contributed by atoms with E-state index in [1.807, 2.05) is 0 Å². The van der Waals surface area contributed by atoms with Crippen molar-refractivity contribution in [2.75, 3.05) is 5.32 Å². The lowest BCUT2D eigenvalue weighted by atomic mass is 9.76. The molecule has 2 aromatic rings. The van der Waals surface area contributed by atoms with Crippen LogP contribution < -0.4 is 16.6 Å². The Balaban J connectivity index is 1.96. The van der Waals surface area contributed by atoms with Crippen molar-refractivity contribution in [3.05, 3.63) is 77.6 Å². The third-order valence-corrected chi connectivity index (χ3v) is 4.73. The van der Waals surface area contributed by atoms with Gasteiger partial charge >= 0.3 is 5.69 Å². The summed E-state index contributed by atoms with van der Waals surface area (Å²) in [5.74, 6) is -0.496. The molecule has 1 atom stereocenters. The number of allylic oxidation sites excluding steroid dienone is 2. The molecule has 0 unspecified atom stereocenters. The molecule has 26 heavy (non-hydrogen) atoms. The quantitative estimate of drug-likeness (QED) is 0.552. The molecule has 2 heterocycles. The zero-order valence-electron chi connectivity index (χ0n) is 13.5. The van der Waals surface area contributed by atoms with Crippen molar-refractivity contribution in [2.24, 2.45) is 0 Å². The maximum Gasteiger partial charge on any atom is 0.327 e. The summed E-state index contributed by atoms with van der Waals surface area (Å²) in [6.07, 6.45) is 1.68. The summed E-state index contributed by atoms with van der Waals surface area (Å²) in [6, 6.07) is 5.75. The van der Waals surface area contributed by atoms with E-state index in [2.05, 4.69) is 15.3 Å². The van der Waals surface area contributed by atoms with Crippen molar-refractivity contribution in [3.63, 3.8) is 0 Å². The topological polar surface area (TPSA) is 138 Å². The Morgan fingerprint density at radius 2 is 1.77 bits per heavy atom. The number of hydrogen-bond donors (Lipinski definition) is 3. The molecule has 1 aromatic heterocycles. The molecule has 132 valence electrons. The summed E-state index contributed by atoms with van der Waals surface area (Å²) in [5.41, 5.74) is 0.654. The van der Waals surface area contributed by atoms with E-state index in [-0.39, 0.29) is 22.9 Å². The lowest BCUT2D eigenvalue weighted by Crippen LogP contribution is -2.36. The second-order valence-corrected chi connectivity index (χ2v) is 6.27. The van der Waals surface area contributed by atoms with E-state index >= 15 is 0 Å². The van der Waals surface area contributed by atoms with Crippen LogP contribution in [0.3, 0.4) is 0 Å². The van der Waals surface area contributed by atoms with Gasteiger partial charge in [-0.05, 0) is 18.4 Å². The molecule has 1 aliphatic carbocycles. The van der Waals surface area contributed by atoms with Crippen LogP contribution in [0.2, 0.25) is 0 Å². The molecule has 9 heteroatoms. The van der Waals surface area contributed by atoms with Gasteiger partial charge in [-0.25, -0.2) is 4.79 Å². The Bertz CT molecular complexity index is 1080. The monoisotopic (exact) mass is 354 g/mol. The van der Waals surface area contributed by atoms with Gasteiger partial charge < -0.3 is 5.32 Å². The van der Waals surface area contributed by atoms with Crippen LogP contribution in [-0.2, 0) is 4.79 Å². The number of nitrogens with one attached hydrogen (secondary N) is 3. The number of hydrogen-bond acceptors (Lipinski definition) is 6. The maximum atomic E-state index is 12.6. The fourth-order valence-electron chi connectivity index (χ4n) is 3.62. The van der Waals surface area contributed by atoms with Gasteiger partial charge in [-0.15, -0.1) is 0 Å². The van der Waals surface area contributed by atoms with Crippen molar-refractivity contribution in [1.29, 1.82) is 0 Å². The number of nitro benzene ring substituents is 1. The largest absolute Gasteiger partial charge is 0.344 e. The Labute approximate surface area is 145 Å². The lowest BCUT2D eigenvalue weighted by Gasteiger charge is -2.32. The standard InChI is InChI=1S/C17H14N4O5/c22-11-3-1-2-10-13(11)12(8-4-6-9(7-5-8)21(25)26)14-15(18-10)19-17(24)20-16(14)23/h4-7,12H,1-3H2,(H3,18,19,20,23,24)/t12-/m0/s1. The molecule has 4 rings (SSSR count). The van der Waals surface area contributed by atoms with E-state index in [1.165, 1.54) is 24.3 Å². The normalized spacial score (nSPS) is 18.8. The summed E-state index contributed by atoms with van der Waals surface area (Å²) in [7, 11) is 0. The van der Waals surface area contributed by atoms with E-state index in [0.29, 0.717) is 36.1 Å². The van der Waals surface area contributed by atoms with Gasteiger partial charge in [0, 0.05) is 35.7 Å². The van der Waals surface area contributed by atoms with Gasteiger partial charge in [0.1, 0.15) is 5.82 Å². The first kappa shape index (κ1) is 16.0.